The molecule has 2 unspecified atom stereocenters. The average molecular weight is 312 g/mol. The van der Waals surface area contributed by atoms with E-state index in [1.54, 1.807) is 7.11 Å². The van der Waals surface area contributed by atoms with Crippen LogP contribution < -0.4 is 0 Å². The molecular weight excluding hydrogens is 284 g/mol. The molecule has 8 heteroatoms. The molecule has 0 fully saturated rings. The summed E-state index contributed by atoms with van der Waals surface area (Å²) in [5.41, 5.74) is 0. The smallest absolute Gasteiger partial charge is 0.109 e. The molecule has 0 aliphatic heterocycles. The maximum Gasteiger partial charge on any atom is 0.109 e. The molecule has 21 heavy (non-hydrogen) atoms. The van der Waals surface area contributed by atoms with Crippen molar-refractivity contribution < 1.29 is 39.0 Å². The predicted octanol–water partition coefficient (Wildman–Crippen LogP) is -1.59. The Balaban J connectivity index is 4.37. The minimum atomic E-state index is -0.445. The summed E-state index contributed by atoms with van der Waals surface area (Å²) in [5.74, 6) is 0. The van der Waals surface area contributed by atoms with Gasteiger partial charge in [0, 0.05) is 7.11 Å². The van der Waals surface area contributed by atoms with Crippen molar-refractivity contribution in [1.29, 1.82) is 0 Å². The van der Waals surface area contributed by atoms with Gasteiger partial charge in [0.25, 0.3) is 0 Å². The number of aliphatic hydroxyl groups excluding tert-OH is 3. The molecule has 0 amide bonds. The summed E-state index contributed by atoms with van der Waals surface area (Å²) in [6.45, 7) is 1.51. The van der Waals surface area contributed by atoms with Gasteiger partial charge in [0.2, 0.25) is 0 Å². The van der Waals surface area contributed by atoms with Gasteiger partial charge in [-0.3, -0.25) is 0 Å². The minimum Gasteiger partial charge on any atom is -0.394 e. The molecule has 0 radical (unpaired) electrons. The average Bonchev–Trinajstić information content (AvgIpc) is 2.50. The molecule has 0 rings (SSSR count). The van der Waals surface area contributed by atoms with Crippen LogP contribution in [0, 0.1) is 0 Å². The van der Waals surface area contributed by atoms with Crippen LogP contribution in [-0.4, -0.2) is 101 Å². The lowest BCUT2D eigenvalue weighted by Gasteiger charge is -2.27. The SMILES string of the molecule is COCCOC(COCCO)C(COCCO)OCCO. The van der Waals surface area contributed by atoms with Crippen molar-refractivity contribution in [3.63, 3.8) is 0 Å². The zero-order chi connectivity index (χ0) is 15.8. The van der Waals surface area contributed by atoms with Crippen LogP contribution in [0.2, 0.25) is 0 Å². The fourth-order valence-corrected chi connectivity index (χ4v) is 1.54. The van der Waals surface area contributed by atoms with Crippen molar-refractivity contribution in [2.45, 2.75) is 12.2 Å². The number of hydrogen-bond acceptors (Lipinski definition) is 8. The highest BCUT2D eigenvalue weighted by Crippen LogP contribution is 2.07. The highest BCUT2D eigenvalue weighted by Gasteiger charge is 2.24. The van der Waals surface area contributed by atoms with Crippen LogP contribution in [0.4, 0.5) is 0 Å². The second-order valence-electron chi connectivity index (χ2n) is 4.13. The number of rotatable bonds is 16. The molecule has 2 atom stereocenters. The van der Waals surface area contributed by atoms with Gasteiger partial charge in [-0.25, -0.2) is 0 Å². The van der Waals surface area contributed by atoms with Crippen molar-refractivity contribution in [2.75, 3.05) is 73.2 Å². The van der Waals surface area contributed by atoms with Crippen LogP contribution in [0.3, 0.4) is 0 Å². The van der Waals surface area contributed by atoms with Crippen LogP contribution >= 0.6 is 0 Å². The summed E-state index contributed by atoms with van der Waals surface area (Å²) >= 11 is 0. The van der Waals surface area contributed by atoms with Gasteiger partial charge in [-0.1, -0.05) is 0 Å². The first-order chi connectivity index (χ1) is 10.3. The van der Waals surface area contributed by atoms with E-state index < -0.39 is 12.2 Å². The van der Waals surface area contributed by atoms with Crippen LogP contribution in [0.25, 0.3) is 0 Å². The Morgan fingerprint density at radius 3 is 1.57 bits per heavy atom. The van der Waals surface area contributed by atoms with E-state index in [4.69, 9.17) is 39.0 Å². The molecule has 8 nitrogen and oxygen atoms in total. The number of methoxy groups -OCH3 is 1. The third-order valence-electron chi connectivity index (χ3n) is 2.49. The molecule has 0 aliphatic rings. The molecule has 0 aliphatic carbocycles. The van der Waals surface area contributed by atoms with Crippen LogP contribution in [-0.2, 0) is 23.7 Å². The predicted molar refractivity (Wildman–Crippen MR) is 74.3 cm³/mol. The van der Waals surface area contributed by atoms with E-state index in [1.165, 1.54) is 0 Å². The Hall–Kier alpha value is -0.320. The molecule has 0 saturated heterocycles. The summed E-state index contributed by atoms with van der Waals surface area (Å²) in [4.78, 5) is 0. The molecule has 3 N–H and O–H groups in total. The summed E-state index contributed by atoms with van der Waals surface area (Å²) in [5, 5.41) is 26.3. The lowest BCUT2D eigenvalue weighted by Crippen LogP contribution is -2.40. The highest BCUT2D eigenvalue weighted by atomic mass is 16.6. The van der Waals surface area contributed by atoms with Crippen molar-refractivity contribution >= 4 is 0 Å². The zero-order valence-electron chi connectivity index (χ0n) is 12.6. The molecule has 0 aromatic heterocycles. The fraction of sp³-hybridized carbons (Fsp3) is 1.00. The highest BCUT2D eigenvalue weighted by molar-refractivity contribution is 4.71. The van der Waals surface area contributed by atoms with E-state index >= 15 is 0 Å². The lowest BCUT2D eigenvalue weighted by atomic mass is 10.2. The van der Waals surface area contributed by atoms with Crippen molar-refractivity contribution in [1.82, 2.24) is 0 Å². The Labute approximate surface area is 125 Å². The van der Waals surface area contributed by atoms with Gasteiger partial charge in [0.15, 0.2) is 0 Å². The van der Waals surface area contributed by atoms with Gasteiger partial charge in [-0.05, 0) is 0 Å². The normalized spacial score (nSPS) is 14.3. The summed E-state index contributed by atoms with van der Waals surface area (Å²) in [7, 11) is 1.57. The molecule has 0 heterocycles. The first-order valence-electron chi connectivity index (χ1n) is 7.00. The van der Waals surface area contributed by atoms with Crippen molar-refractivity contribution in [2.24, 2.45) is 0 Å². The maximum absolute atomic E-state index is 8.87. The second kappa shape index (κ2) is 16.1. The molecule has 0 saturated carbocycles. The lowest BCUT2D eigenvalue weighted by molar-refractivity contribution is -0.137. The summed E-state index contributed by atoms with van der Waals surface area (Å²) < 4.78 is 26.6. The second-order valence-corrected chi connectivity index (χ2v) is 4.13. The Kier molecular flexibility index (Phi) is 15.8. The number of hydrogen-bond donors (Lipinski definition) is 3. The minimum absolute atomic E-state index is 0.0754. The van der Waals surface area contributed by atoms with E-state index in [0.29, 0.717) is 13.2 Å². The third kappa shape index (κ3) is 12.0. The Morgan fingerprint density at radius 1 is 0.667 bits per heavy atom. The number of aliphatic hydroxyl groups is 3. The van der Waals surface area contributed by atoms with Crippen LogP contribution in [0.1, 0.15) is 0 Å². The molecule has 128 valence electrons. The van der Waals surface area contributed by atoms with E-state index in [2.05, 4.69) is 0 Å². The summed E-state index contributed by atoms with van der Waals surface area (Å²) in [6.07, 6.45) is -0.865. The first kappa shape index (κ1) is 20.7. The molecule has 0 spiro atoms. The van der Waals surface area contributed by atoms with E-state index in [9.17, 15) is 0 Å². The molecular formula is C13H28O8. The van der Waals surface area contributed by atoms with Gasteiger partial charge in [-0.15, -0.1) is 0 Å². The fourth-order valence-electron chi connectivity index (χ4n) is 1.54. The largest absolute Gasteiger partial charge is 0.394 e. The van der Waals surface area contributed by atoms with Gasteiger partial charge < -0.3 is 39.0 Å². The van der Waals surface area contributed by atoms with E-state index in [0.717, 1.165) is 0 Å². The summed E-state index contributed by atoms with van der Waals surface area (Å²) in [6, 6.07) is 0. The van der Waals surface area contributed by atoms with Gasteiger partial charge in [-0.2, -0.15) is 0 Å². The van der Waals surface area contributed by atoms with Crippen LogP contribution in [0.15, 0.2) is 0 Å². The van der Waals surface area contributed by atoms with Gasteiger partial charge >= 0.3 is 0 Å². The quantitative estimate of drug-likeness (QED) is 0.293. The topological polar surface area (TPSA) is 107 Å². The Bertz CT molecular complexity index is 195. The standard InChI is InChI=1S/C13H28O8/c1-17-8-9-21-13(11-19-6-3-15)12(20-7-4-16)10-18-5-2-14/h12-16H,2-11H2,1H3. The first-order valence-corrected chi connectivity index (χ1v) is 7.00. The monoisotopic (exact) mass is 312 g/mol. The van der Waals surface area contributed by atoms with E-state index in [1.807, 2.05) is 0 Å². The van der Waals surface area contributed by atoms with Crippen LogP contribution in [0.5, 0.6) is 0 Å². The Morgan fingerprint density at radius 2 is 1.14 bits per heavy atom. The van der Waals surface area contributed by atoms with E-state index in [-0.39, 0.29) is 52.9 Å². The molecule has 0 aromatic carbocycles. The van der Waals surface area contributed by atoms with Crippen molar-refractivity contribution in [3.05, 3.63) is 0 Å². The zero-order valence-corrected chi connectivity index (χ0v) is 12.6. The number of ether oxygens (including phenoxy) is 5. The molecule has 0 aromatic rings. The molecule has 0 bridgehead atoms. The maximum atomic E-state index is 8.87. The third-order valence-corrected chi connectivity index (χ3v) is 2.49. The van der Waals surface area contributed by atoms with Gasteiger partial charge in [0.05, 0.1) is 66.1 Å². The van der Waals surface area contributed by atoms with Gasteiger partial charge in [0.1, 0.15) is 12.2 Å². The van der Waals surface area contributed by atoms with Crippen molar-refractivity contribution in [3.8, 4) is 0 Å².